The summed E-state index contributed by atoms with van der Waals surface area (Å²) in [5, 5.41) is 9.14. The van der Waals surface area contributed by atoms with Crippen molar-refractivity contribution in [3.63, 3.8) is 0 Å². The van der Waals surface area contributed by atoms with Crippen LogP contribution in [-0.4, -0.2) is 31.4 Å². The monoisotopic (exact) mass is 387 g/mol. The topological polar surface area (TPSA) is 127 Å². The Morgan fingerprint density at radius 1 is 1.33 bits per heavy atom. The van der Waals surface area contributed by atoms with Crippen LogP contribution in [0.15, 0.2) is 30.0 Å². The number of halogens is 2. The minimum Gasteiger partial charge on any atom is -0.383 e. The highest BCUT2D eigenvalue weighted by Gasteiger charge is 2.24. The Morgan fingerprint density at radius 3 is 2.89 bits per heavy atom. The Labute approximate surface area is 156 Å². The van der Waals surface area contributed by atoms with Gasteiger partial charge in [-0.1, -0.05) is 11.6 Å². The highest BCUT2D eigenvalue weighted by atomic mass is 35.5. The summed E-state index contributed by atoms with van der Waals surface area (Å²) in [5.41, 5.74) is 7.06. The van der Waals surface area contributed by atoms with E-state index >= 15 is 0 Å². The number of carbonyl (C=O) groups excluding carboxylic acids is 2. The van der Waals surface area contributed by atoms with Gasteiger partial charge in [0.2, 0.25) is 5.91 Å². The Bertz CT molecular complexity index is 1140. The van der Waals surface area contributed by atoms with Crippen molar-refractivity contribution in [2.24, 2.45) is 0 Å². The van der Waals surface area contributed by atoms with Crippen molar-refractivity contribution in [1.82, 2.24) is 24.9 Å². The van der Waals surface area contributed by atoms with Crippen molar-refractivity contribution in [1.29, 1.82) is 0 Å². The molecule has 136 valence electrons. The summed E-state index contributed by atoms with van der Waals surface area (Å²) in [6.07, 6.45) is 2.95. The van der Waals surface area contributed by atoms with Crippen molar-refractivity contribution in [2.45, 2.75) is 6.42 Å². The van der Waals surface area contributed by atoms with Crippen LogP contribution < -0.4 is 16.4 Å². The van der Waals surface area contributed by atoms with Gasteiger partial charge in [-0.05, 0) is 18.2 Å². The van der Waals surface area contributed by atoms with Crippen LogP contribution in [0.3, 0.4) is 0 Å². The largest absolute Gasteiger partial charge is 0.383 e. The zero-order chi connectivity index (χ0) is 19.1. The molecule has 3 aromatic heterocycles. The molecular weight excluding hydrogens is 377 g/mol. The van der Waals surface area contributed by atoms with Gasteiger partial charge in [0.25, 0.3) is 5.91 Å². The van der Waals surface area contributed by atoms with Gasteiger partial charge >= 0.3 is 0 Å². The molecule has 0 aromatic carbocycles. The first-order chi connectivity index (χ1) is 12.9. The van der Waals surface area contributed by atoms with Crippen LogP contribution in [0.4, 0.5) is 21.8 Å². The maximum atomic E-state index is 13.9. The van der Waals surface area contributed by atoms with Crippen molar-refractivity contribution in [3.05, 3.63) is 46.5 Å². The van der Waals surface area contributed by atoms with E-state index in [2.05, 4.69) is 25.7 Å². The van der Waals surface area contributed by atoms with Gasteiger partial charge in [0, 0.05) is 17.2 Å². The molecule has 1 fully saturated rings. The molecule has 1 saturated heterocycles. The third kappa shape index (κ3) is 3.17. The van der Waals surface area contributed by atoms with Crippen molar-refractivity contribution in [2.75, 3.05) is 11.1 Å². The first kappa shape index (κ1) is 16.9. The van der Waals surface area contributed by atoms with Gasteiger partial charge in [-0.2, -0.15) is 9.61 Å². The molecule has 0 spiro atoms. The number of pyridine rings is 1. The second-order valence-corrected chi connectivity index (χ2v) is 6.10. The predicted molar refractivity (Wildman–Crippen MR) is 95.6 cm³/mol. The van der Waals surface area contributed by atoms with Crippen molar-refractivity contribution in [3.8, 4) is 0 Å². The normalized spacial score (nSPS) is 15.6. The molecule has 27 heavy (non-hydrogen) atoms. The molecule has 0 saturated carbocycles. The molecule has 0 radical (unpaired) electrons. The lowest BCUT2D eigenvalue weighted by atomic mass is 10.1. The minimum absolute atomic E-state index is 0.0265. The molecule has 11 heteroatoms. The fourth-order valence-electron chi connectivity index (χ4n) is 2.60. The minimum atomic E-state index is -0.614. The number of nitrogens with zero attached hydrogens (tertiary/aromatic N) is 4. The number of nitrogens with two attached hydrogens (primary N) is 1. The fourth-order valence-corrected chi connectivity index (χ4v) is 2.75. The smallest absolute Gasteiger partial charge is 0.254 e. The first-order valence-electron chi connectivity index (χ1n) is 7.69. The van der Waals surface area contributed by atoms with Crippen LogP contribution in [0, 0.1) is 5.82 Å². The Kier molecular flexibility index (Phi) is 3.96. The zero-order valence-corrected chi connectivity index (χ0v) is 14.3. The van der Waals surface area contributed by atoms with Crippen LogP contribution in [0.5, 0.6) is 0 Å². The van der Waals surface area contributed by atoms with Gasteiger partial charge in [-0.3, -0.25) is 14.9 Å². The third-order valence-corrected chi connectivity index (χ3v) is 4.02. The summed E-state index contributed by atoms with van der Waals surface area (Å²) < 4.78 is 15.2. The van der Waals surface area contributed by atoms with Gasteiger partial charge in [0.05, 0.1) is 12.6 Å². The van der Waals surface area contributed by atoms with Crippen molar-refractivity contribution < 1.29 is 14.0 Å². The number of aromatic nitrogens is 4. The molecule has 3 aromatic rings. The molecule has 4 N–H and O–H groups in total. The number of carbonyl (C=O) groups is 2. The number of hydrogen-bond acceptors (Lipinski definition) is 7. The van der Waals surface area contributed by atoms with Crippen LogP contribution in [0.25, 0.3) is 11.7 Å². The van der Waals surface area contributed by atoms with E-state index in [9.17, 15) is 14.0 Å². The quantitative estimate of drug-likeness (QED) is 0.354. The lowest BCUT2D eigenvalue weighted by molar-refractivity contribution is -0.124. The van der Waals surface area contributed by atoms with E-state index in [1.54, 1.807) is 0 Å². The molecule has 2 amide bonds. The number of amides is 2. The summed E-state index contributed by atoms with van der Waals surface area (Å²) in [4.78, 5) is 31.3. The third-order valence-electron chi connectivity index (χ3n) is 3.81. The fraction of sp³-hybridized carbons (Fsp3) is 0.0625. The predicted octanol–water partition coefficient (Wildman–Crippen LogP) is 1.67. The van der Waals surface area contributed by atoms with E-state index in [-0.39, 0.29) is 40.5 Å². The van der Waals surface area contributed by atoms with Crippen LogP contribution in [0.2, 0.25) is 5.15 Å². The summed E-state index contributed by atoms with van der Waals surface area (Å²) >= 11 is 5.79. The number of imide groups is 1. The van der Waals surface area contributed by atoms with E-state index in [4.69, 9.17) is 17.3 Å². The molecule has 0 aliphatic carbocycles. The highest BCUT2D eigenvalue weighted by Crippen LogP contribution is 2.24. The Morgan fingerprint density at radius 2 is 2.15 bits per heavy atom. The van der Waals surface area contributed by atoms with E-state index in [1.165, 1.54) is 35.0 Å². The van der Waals surface area contributed by atoms with E-state index in [1.807, 2.05) is 0 Å². The van der Waals surface area contributed by atoms with Gasteiger partial charge in [0.1, 0.15) is 16.8 Å². The maximum Gasteiger partial charge on any atom is 0.254 e. The molecule has 9 nitrogen and oxygen atoms in total. The lowest BCUT2D eigenvalue weighted by Gasteiger charge is -2.08. The second kappa shape index (κ2) is 6.32. The number of hydrogen-bond donors (Lipinski definition) is 3. The molecule has 0 unspecified atom stereocenters. The molecule has 0 bridgehead atoms. The van der Waals surface area contributed by atoms with Crippen molar-refractivity contribution >= 4 is 52.6 Å². The van der Waals surface area contributed by atoms with Gasteiger partial charge in [-0.15, -0.1) is 0 Å². The van der Waals surface area contributed by atoms with E-state index < -0.39 is 11.7 Å². The average Bonchev–Trinajstić information content (AvgIpc) is 3.15. The lowest BCUT2D eigenvalue weighted by Crippen LogP contribution is -2.19. The van der Waals surface area contributed by atoms with Gasteiger partial charge in [0.15, 0.2) is 17.3 Å². The maximum absolute atomic E-state index is 13.9. The van der Waals surface area contributed by atoms with E-state index in [0.29, 0.717) is 11.2 Å². The summed E-state index contributed by atoms with van der Waals surface area (Å²) in [6, 6.07) is 3.94. The first-order valence-corrected chi connectivity index (χ1v) is 8.06. The SMILES string of the molecule is Nc1cc(Nc2nc(Cl)ccc2F)nc2c(C=C3CC(=O)NC3=O)cnn12. The Hall–Kier alpha value is -3.53. The van der Waals surface area contributed by atoms with Crippen LogP contribution >= 0.6 is 11.6 Å². The molecule has 1 aliphatic rings. The molecule has 1 aliphatic heterocycles. The summed E-state index contributed by atoms with van der Waals surface area (Å²) in [5.74, 6) is -1.13. The Balaban J connectivity index is 1.76. The zero-order valence-electron chi connectivity index (χ0n) is 13.5. The standard InChI is InChI=1S/C16H11ClFN7O2/c17-10-2-1-9(18)14(21-10)22-12-5-11(19)25-15(23-12)8(6-20-25)3-7-4-13(26)24-16(7)27/h1-3,5-6H,4,19H2,(H,21,22,23)(H,24,26,27). The number of nitrogen functional groups attached to an aromatic ring is 1. The number of anilines is 3. The number of fused-ring (bicyclic) bond motifs is 1. The number of nitrogens with one attached hydrogen (secondary N) is 2. The summed E-state index contributed by atoms with van der Waals surface area (Å²) in [6.45, 7) is 0. The van der Waals surface area contributed by atoms with Gasteiger partial charge < -0.3 is 11.1 Å². The van der Waals surface area contributed by atoms with E-state index in [0.717, 1.165) is 0 Å². The highest BCUT2D eigenvalue weighted by molar-refractivity contribution is 6.29. The van der Waals surface area contributed by atoms with Gasteiger partial charge in [-0.25, -0.2) is 14.4 Å². The molecule has 0 atom stereocenters. The average molecular weight is 388 g/mol. The van der Waals surface area contributed by atoms with Crippen LogP contribution in [0.1, 0.15) is 12.0 Å². The van der Waals surface area contributed by atoms with Crippen LogP contribution in [-0.2, 0) is 9.59 Å². The molecule has 4 heterocycles. The molecular formula is C16H11ClFN7O2. The second-order valence-electron chi connectivity index (χ2n) is 5.71. The number of rotatable bonds is 3. The summed E-state index contributed by atoms with van der Waals surface area (Å²) in [7, 11) is 0. The molecule has 4 rings (SSSR count).